The number of nitrogens with one attached hydrogen (secondary N) is 1. The Bertz CT molecular complexity index is 825. The minimum absolute atomic E-state index is 0.124. The maximum atomic E-state index is 12.7. The Labute approximate surface area is 184 Å². The van der Waals surface area contributed by atoms with Gasteiger partial charge in [0.1, 0.15) is 5.75 Å². The SMILES string of the molecule is COc1ccc(N2CCN(CCCNC(=O)c3csc4c3CCCCC4)CC2)cc1. The average Bonchev–Trinajstić information content (AvgIpc) is 3.05. The van der Waals surface area contributed by atoms with Crippen LogP contribution in [0.15, 0.2) is 29.6 Å². The van der Waals surface area contributed by atoms with Gasteiger partial charge in [0.2, 0.25) is 0 Å². The highest BCUT2D eigenvalue weighted by molar-refractivity contribution is 7.10. The lowest BCUT2D eigenvalue weighted by molar-refractivity contribution is 0.0951. The van der Waals surface area contributed by atoms with Crippen molar-refractivity contribution in [3.63, 3.8) is 0 Å². The van der Waals surface area contributed by atoms with Crippen molar-refractivity contribution in [3.8, 4) is 5.75 Å². The molecule has 0 atom stereocenters. The van der Waals surface area contributed by atoms with E-state index in [9.17, 15) is 4.79 Å². The maximum absolute atomic E-state index is 12.7. The van der Waals surface area contributed by atoms with E-state index < -0.39 is 0 Å². The van der Waals surface area contributed by atoms with E-state index >= 15 is 0 Å². The first kappa shape index (κ1) is 21.2. The van der Waals surface area contributed by atoms with Crippen LogP contribution in [0.2, 0.25) is 0 Å². The first-order valence-corrected chi connectivity index (χ1v) is 12.1. The first-order chi connectivity index (χ1) is 14.7. The van der Waals surface area contributed by atoms with Crippen molar-refractivity contribution >= 4 is 22.9 Å². The molecule has 0 bridgehead atoms. The number of piperazine rings is 1. The molecule has 2 aromatic rings. The Hall–Kier alpha value is -2.05. The number of benzene rings is 1. The fraction of sp³-hybridized carbons (Fsp3) is 0.542. The normalized spacial score (nSPS) is 17.3. The number of carbonyl (C=O) groups is 1. The monoisotopic (exact) mass is 427 g/mol. The van der Waals surface area contributed by atoms with Crippen LogP contribution in [-0.2, 0) is 12.8 Å². The Balaban J connectivity index is 1.17. The number of methoxy groups -OCH3 is 1. The standard InChI is InChI=1S/C24H33N3O2S/c1-29-20-10-8-19(9-11-20)27-16-14-26(15-17-27)13-5-12-25-24(28)22-18-30-23-7-4-2-3-6-21(22)23/h8-11,18H,2-7,12-17H2,1H3,(H,25,28). The molecular weight excluding hydrogens is 394 g/mol. The second-order valence-electron chi connectivity index (χ2n) is 8.25. The molecule has 30 heavy (non-hydrogen) atoms. The molecular formula is C24H33N3O2S. The Kier molecular flexibility index (Phi) is 7.28. The highest BCUT2D eigenvalue weighted by Crippen LogP contribution is 2.29. The minimum atomic E-state index is 0.124. The summed E-state index contributed by atoms with van der Waals surface area (Å²) >= 11 is 1.78. The Morgan fingerprint density at radius 3 is 2.60 bits per heavy atom. The zero-order valence-electron chi connectivity index (χ0n) is 18.0. The summed E-state index contributed by atoms with van der Waals surface area (Å²) in [7, 11) is 1.70. The van der Waals surface area contributed by atoms with Gasteiger partial charge in [0.15, 0.2) is 0 Å². The Morgan fingerprint density at radius 2 is 1.83 bits per heavy atom. The molecule has 4 rings (SSSR count). The molecule has 0 radical (unpaired) electrons. The van der Waals surface area contributed by atoms with E-state index in [-0.39, 0.29) is 5.91 Å². The van der Waals surface area contributed by atoms with Crippen LogP contribution in [0, 0.1) is 0 Å². The van der Waals surface area contributed by atoms with Crippen LogP contribution in [0.5, 0.6) is 5.75 Å². The molecule has 0 saturated carbocycles. The van der Waals surface area contributed by atoms with Crippen molar-refractivity contribution in [2.24, 2.45) is 0 Å². The van der Waals surface area contributed by atoms with Gasteiger partial charge in [-0.25, -0.2) is 0 Å². The molecule has 1 aromatic carbocycles. The van der Waals surface area contributed by atoms with Gasteiger partial charge in [-0.2, -0.15) is 0 Å². The van der Waals surface area contributed by atoms with Gasteiger partial charge < -0.3 is 15.0 Å². The summed E-state index contributed by atoms with van der Waals surface area (Å²) in [6.45, 7) is 6.01. The molecule has 0 spiro atoms. The van der Waals surface area contributed by atoms with Gasteiger partial charge in [-0.15, -0.1) is 11.3 Å². The van der Waals surface area contributed by atoms with Gasteiger partial charge in [0.25, 0.3) is 5.91 Å². The van der Waals surface area contributed by atoms with E-state index in [1.165, 1.54) is 35.4 Å². The number of rotatable bonds is 7. The number of thiophene rings is 1. The average molecular weight is 428 g/mol. The van der Waals surface area contributed by atoms with Crippen LogP contribution in [0.25, 0.3) is 0 Å². The number of fused-ring (bicyclic) bond motifs is 1. The largest absolute Gasteiger partial charge is 0.497 e. The Morgan fingerprint density at radius 1 is 1.07 bits per heavy atom. The third kappa shape index (κ3) is 5.16. The molecule has 6 heteroatoms. The van der Waals surface area contributed by atoms with Crippen LogP contribution in [-0.4, -0.2) is 57.2 Å². The van der Waals surface area contributed by atoms with Crippen molar-refractivity contribution in [3.05, 3.63) is 45.6 Å². The number of nitrogens with zero attached hydrogens (tertiary/aromatic N) is 2. The molecule has 162 valence electrons. The summed E-state index contributed by atoms with van der Waals surface area (Å²) < 4.78 is 5.25. The maximum Gasteiger partial charge on any atom is 0.252 e. The molecule has 0 unspecified atom stereocenters. The molecule has 2 heterocycles. The number of hydrogen-bond acceptors (Lipinski definition) is 5. The molecule has 2 aliphatic rings. The second kappa shape index (κ2) is 10.3. The predicted octanol–water partition coefficient (Wildman–Crippen LogP) is 3.97. The summed E-state index contributed by atoms with van der Waals surface area (Å²) in [4.78, 5) is 19.0. The van der Waals surface area contributed by atoms with E-state index in [0.717, 1.165) is 69.8 Å². The number of hydrogen-bond donors (Lipinski definition) is 1. The summed E-state index contributed by atoms with van der Waals surface area (Å²) in [5.41, 5.74) is 3.52. The lowest BCUT2D eigenvalue weighted by Gasteiger charge is -2.36. The number of amides is 1. The van der Waals surface area contributed by atoms with Crippen LogP contribution in [0.1, 0.15) is 46.5 Å². The van der Waals surface area contributed by atoms with E-state index in [4.69, 9.17) is 4.74 Å². The number of ether oxygens (including phenoxy) is 1. The predicted molar refractivity (Wildman–Crippen MR) is 124 cm³/mol. The zero-order chi connectivity index (χ0) is 20.8. The van der Waals surface area contributed by atoms with Crippen LogP contribution in [0.4, 0.5) is 5.69 Å². The second-order valence-corrected chi connectivity index (χ2v) is 9.21. The van der Waals surface area contributed by atoms with Gasteiger partial charge in [-0.3, -0.25) is 9.69 Å². The summed E-state index contributed by atoms with van der Waals surface area (Å²) in [5, 5.41) is 5.23. The van der Waals surface area contributed by atoms with Crippen molar-refractivity contribution in [2.75, 3.05) is 51.3 Å². The number of aryl methyl sites for hydroxylation is 1. The smallest absolute Gasteiger partial charge is 0.252 e. The fourth-order valence-electron chi connectivity index (χ4n) is 4.48. The molecule has 1 aromatic heterocycles. The quantitative estimate of drug-likeness (QED) is 0.536. The number of carbonyl (C=O) groups excluding carboxylic acids is 1. The summed E-state index contributed by atoms with van der Waals surface area (Å²) in [6, 6.07) is 8.32. The van der Waals surface area contributed by atoms with Gasteiger partial charge in [-0.1, -0.05) is 6.42 Å². The molecule has 1 aliphatic heterocycles. The molecule has 1 aliphatic carbocycles. The van der Waals surface area contributed by atoms with Crippen molar-refractivity contribution in [2.45, 2.75) is 38.5 Å². The summed E-state index contributed by atoms with van der Waals surface area (Å²) in [6.07, 6.45) is 6.98. The lowest BCUT2D eigenvalue weighted by Crippen LogP contribution is -2.47. The number of anilines is 1. The highest BCUT2D eigenvalue weighted by Gasteiger charge is 2.20. The molecule has 1 amide bonds. The van der Waals surface area contributed by atoms with Gasteiger partial charge in [0, 0.05) is 48.7 Å². The van der Waals surface area contributed by atoms with E-state index in [1.807, 2.05) is 12.1 Å². The molecule has 1 N–H and O–H groups in total. The van der Waals surface area contributed by atoms with E-state index in [0.29, 0.717) is 0 Å². The van der Waals surface area contributed by atoms with E-state index in [2.05, 4.69) is 32.6 Å². The van der Waals surface area contributed by atoms with Crippen LogP contribution < -0.4 is 15.0 Å². The van der Waals surface area contributed by atoms with Gasteiger partial charge in [0.05, 0.1) is 12.7 Å². The zero-order valence-corrected chi connectivity index (χ0v) is 18.8. The van der Waals surface area contributed by atoms with Crippen molar-refractivity contribution in [1.29, 1.82) is 0 Å². The fourth-order valence-corrected chi connectivity index (χ4v) is 5.61. The third-order valence-corrected chi connectivity index (χ3v) is 7.39. The van der Waals surface area contributed by atoms with Gasteiger partial charge in [-0.05, 0) is 68.5 Å². The topological polar surface area (TPSA) is 44.8 Å². The summed E-state index contributed by atoms with van der Waals surface area (Å²) in [5.74, 6) is 1.02. The minimum Gasteiger partial charge on any atom is -0.497 e. The highest BCUT2D eigenvalue weighted by atomic mass is 32.1. The van der Waals surface area contributed by atoms with E-state index in [1.54, 1.807) is 18.4 Å². The molecule has 1 fully saturated rings. The van der Waals surface area contributed by atoms with Crippen molar-refractivity contribution < 1.29 is 9.53 Å². The molecule has 1 saturated heterocycles. The first-order valence-electron chi connectivity index (χ1n) is 11.2. The van der Waals surface area contributed by atoms with Gasteiger partial charge >= 0.3 is 0 Å². The van der Waals surface area contributed by atoms with Crippen molar-refractivity contribution in [1.82, 2.24) is 10.2 Å². The third-order valence-electron chi connectivity index (χ3n) is 6.30. The van der Waals surface area contributed by atoms with Crippen LogP contribution >= 0.6 is 11.3 Å². The molecule has 5 nitrogen and oxygen atoms in total. The lowest BCUT2D eigenvalue weighted by atomic mass is 10.1. The van der Waals surface area contributed by atoms with Crippen LogP contribution in [0.3, 0.4) is 0 Å².